The number of H-pyrrole nitrogens is 1. The van der Waals surface area contributed by atoms with Crippen LogP contribution >= 0.6 is 0 Å². The number of rotatable bonds is 1. The van der Waals surface area contributed by atoms with Crippen LogP contribution in [0.1, 0.15) is 0 Å². The Hall–Kier alpha value is -0.573. The third kappa shape index (κ3) is 0.897. The Morgan fingerprint density at radius 3 is 3.00 bits per heavy atom. The summed E-state index contributed by atoms with van der Waals surface area (Å²) in [5.74, 6) is 0. The summed E-state index contributed by atoms with van der Waals surface area (Å²) in [5.41, 5.74) is 0. The van der Waals surface area contributed by atoms with E-state index in [-0.39, 0.29) is 0 Å². The monoisotopic (exact) mass is 110 g/mol. The number of aromatic amines is 1. The highest BCUT2D eigenvalue weighted by Crippen LogP contribution is 1.65. The van der Waals surface area contributed by atoms with Crippen molar-refractivity contribution in [3.63, 3.8) is 0 Å². The molecule has 7 heavy (non-hydrogen) atoms. The number of nitrogens with one attached hydrogen (secondary N) is 1. The van der Waals surface area contributed by atoms with E-state index >= 15 is 0 Å². The van der Waals surface area contributed by atoms with Gasteiger partial charge in [0.1, 0.15) is 9.52 Å². The minimum absolute atomic E-state index is 0.836. The lowest BCUT2D eigenvalue weighted by atomic mass is 10.8. The van der Waals surface area contributed by atoms with Crippen LogP contribution in [0.5, 0.6) is 0 Å². The van der Waals surface area contributed by atoms with E-state index in [0.29, 0.717) is 0 Å². The number of nitrogens with zero attached hydrogens (tertiary/aromatic N) is 1. The van der Waals surface area contributed by atoms with Gasteiger partial charge in [0.15, 0.2) is 0 Å². The van der Waals surface area contributed by atoms with Gasteiger partial charge < -0.3 is 0 Å². The maximum atomic E-state index is 3.77. The van der Waals surface area contributed by atoms with Gasteiger partial charge in [0.2, 0.25) is 0 Å². The molecule has 0 aliphatic carbocycles. The fourth-order valence-electron chi connectivity index (χ4n) is 0.395. The second-order valence-electron chi connectivity index (χ2n) is 1.22. The summed E-state index contributed by atoms with van der Waals surface area (Å²) in [7, 11) is 0.836. The predicted octanol–water partition coefficient (Wildman–Crippen LogP) is -0.213. The first-order valence-electron chi connectivity index (χ1n) is 2.10. The number of hydrogen-bond acceptors (Lipinski definition) is 1. The molecule has 1 rings (SSSR count). The summed E-state index contributed by atoms with van der Waals surface area (Å²) in [6.07, 6.45) is 1.77. The van der Waals surface area contributed by atoms with Crippen molar-refractivity contribution in [1.82, 2.24) is 10.2 Å². The molecule has 2 nitrogen and oxygen atoms in total. The van der Waals surface area contributed by atoms with E-state index in [1.165, 1.54) is 5.32 Å². The standard InChI is InChI=1S/C4H6N2Si/c1-7-4-2-3-5-6-4/h2-3H,1H3,(H,5,6). The largest absolute Gasteiger partial charge is 0.288 e. The zero-order valence-corrected chi connectivity index (χ0v) is 5.10. The van der Waals surface area contributed by atoms with Crippen LogP contribution in [-0.4, -0.2) is 19.7 Å². The van der Waals surface area contributed by atoms with Crippen molar-refractivity contribution in [3.8, 4) is 0 Å². The molecular weight excluding hydrogens is 104 g/mol. The number of aromatic nitrogens is 2. The molecule has 1 heterocycles. The zero-order valence-electron chi connectivity index (χ0n) is 4.10. The predicted molar refractivity (Wildman–Crippen MR) is 29.8 cm³/mol. The second kappa shape index (κ2) is 1.93. The molecule has 2 radical (unpaired) electrons. The second-order valence-corrected chi connectivity index (χ2v) is 2.26. The van der Waals surface area contributed by atoms with E-state index in [0.717, 1.165) is 9.52 Å². The molecule has 0 bridgehead atoms. The van der Waals surface area contributed by atoms with Crippen molar-refractivity contribution < 1.29 is 0 Å². The lowest BCUT2D eigenvalue weighted by molar-refractivity contribution is 1.11. The Labute approximate surface area is 44.8 Å². The Kier molecular flexibility index (Phi) is 1.26. The van der Waals surface area contributed by atoms with Gasteiger partial charge in [0, 0.05) is 11.5 Å². The molecule has 1 aromatic rings. The van der Waals surface area contributed by atoms with E-state index in [4.69, 9.17) is 0 Å². The minimum atomic E-state index is 0.836. The molecule has 1 N–H and O–H groups in total. The van der Waals surface area contributed by atoms with Crippen molar-refractivity contribution in [2.75, 3.05) is 0 Å². The summed E-state index contributed by atoms with van der Waals surface area (Å²) in [5, 5.41) is 7.85. The van der Waals surface area contributed by atoms with Gasteiger partial charge in [-0.2, -0.15) is 5.10 Å². The van der Waals surface area contributed by atoms with Gasteiger partial charge in [0.05, 0.1) is 0 Å². The van der Waals surface area contributed by atoms with Gasteiger partial charge in [-0.3, -0.25) is 5.10 Å². The van der Waals surface area contributed by atoms with Gasteiger partial charge >= 0.3 is 0 Å². The van der Waals surface area contributed by atoms with Gasteiger partial charge in [-0.25, -0.2) is 0 Å². The highest BCUT2D eigenvalue weighted by Gasteiger charge is 1.83. The quantitative estimate of drug-likeness (QED) is 0.498. The lowest BCUT2D eigenvalue weighted by Gasteiger charge is -1.77. The third-order valence-electron chi connectivity index (χ3n) is 0.770. The average Bonchev–Trinajstić information content (AvgIpc) is 2.14. The molecule has 0 aromatic carbocycles. The van der Waals surface area contributed by atoms with E-state index in [2.05, 4.69) is 16.7 Å². The van der Waals surface area contributed by atoms with Crippen LogP contribution in [0, 0.1) is 0 Å². The topological polar surface area (TPSA) is 28.7 Å². The van der Waals surface area contributed by atoms with Crippen LogP contribution in [0.25, 0.3) is 0 Å². The molecule has 0 aliphatic rings. The first-order valence-corrected chi connectivity index (χ1v) is 3.60. The first-order chi connectivity index (χ1) is 3.43. The Bertz CT molecular complexity index is 124. The van der Waals surface area contributed by atoms with Crippen LogP contribution in [-0.2, 0) is 0 Å². The van der Waals surface area contributed by atoms with E-state index in [1.807, 2.05) is 6.07 Å². The zero-order chi connectivity index (χ0) is 5.11. The Morgan fingerprint density at radius 2 is 2.71 bits per heavy atom. The number of hydrogen-bond donors (Lipinski definition) is 1. The molecule has 0 saturated heterocycles. The first kappa shape index (κ1) is 4.58. The lowest BCUT2D eigenvalue weighted by Crippen LogP contribution is -2.10. The van der Waals surface area contributed by atoms with Crippen molar-refractivity contribution in [2.24, 2.45) is 0 Å². The van der Waals surface area contributed by atoms with Gasteiger partial charge in [-0.15, -0.1) is 0 Å². The van der Waals surface area contributed by atoms with Crippen LogP contribution in [0.2, 0.25) is 6.55 Å². The molecular formula is C4H6N2Si. The van der Waals surface area contributed by atoms with Gasteiger partial charge in [-0.05, 0) is 6.07 Å². The highest BCUT2D eigenvalue weighted by atomic mass is 28.2. The molecule has 0 fully saturated rings. The van der Waals surface area contributed by atoms with Crippen molar-refractivity contribution in [3.05, 3.63) is 12.3 Å². The van der Waals surface area contributed by atoms with Crippen molar-refractivity contribution >= 4 is 14.8 Å². The van der Waals surface area contributed by atoms with Gasteiger partial charge in [0.25, 0.3) is 0 Å². The van der Waals surface area contributed by atoms with Crippen LogP contribution in [0.4, 0.5) is 0 Å². The van der Waals surface area contributed by atoms with E-state index < -0.39 is 0 Å². The fraction of sp³-hybridized carbons (Fsp3) is 0.250. The van der Waals surface area contributed by atoms with Gasteiger partial charge in [-0.1, -0.05) is 6.55 Å². The smallest absolute Gasteiger partial charge is 0.103 e. The SMILES string of the molecule is C[Si]c1ccn[nH]1. The minimum Gasteiger partial charge on any atom is -0.288 e. The van der Waals surface area contributed by atoms with Crippen LogP contribution < -0.4 is 5.32 Å². The summed E-state index contributed by atoms with van der Waals surface area (Å²) >= 11 is 0. The summed E-state index contributed by atoms with van der Waals surface area (Å²) in [6.45, 7) is 2.12. The molecule has 0 saturated carbocycles. The van der Waals surface area contributed by atoms with Crippen LogP contribution in [0.3, 0.4) is 0 Å². The highest BCUT2D eigenvalue weighted by molar-refractivity contribution is 6.50. The van der Waals surface area contributed by atoms with E-state index in [1.54, 1.807) is 6.20 Å². The summed E-state index contributed by atoms with van der Waals surface area (Å²) in [4.78, 5) is 0. The maximum absolute atomic E-state index is 3.77. The maximum Gasteiger partial charge on any atom is 0.103 e. The molecule has 0 unspecified atom stereocenters. The van der Waals surface area contributed by atoms with Crippen molar-refractivity contribution in [1.29, 1.82) is 0 Å². The average molecular weight is 110 g/mol. The summed E-state index contributed by atoms with van der Waals surface area (Å²) in [6, 6.07) is 1.98. The Balaban J connectivity index is 2.76. The molecule has 0 aliphatic heterocycles. The molecule has 3 heteroatoms. The normalized spacial score (nSPS) is 9.29. The molecule has 36 valence electrons. The fourth-order valence-corrected chi connectivity index (χ4v) is 0.813. The molecule has 0 atom stereocenters. The molecule has 1 aromatic heterocycles. The molecule has 0 amide bonds. The Morgan fingerprint density at radius 1 is 1.86 bits per heavy atom. The molecule has 0 spiro atoms. The van der Waals surface area contributed by atoms with Crippen LogP contribution in [0.15, 0.2) is 12.3 Å². The van der Waals surface area contributed by atoms with Crippen molar-refractivity contribution in [2.45, 2.75) is 6.55 Å². The summed E-state index contributed by atoms with van der Waals surface area (Å²) < 4.78 is 0. The van der Waals surface area contributed by atoms with E-state index in [9.17, 15) is 0 Å². The third-order valence-corrected chi connectivity index (χ3v) is 1.59.